The first kappa shape index (κ1) is 19.0. The van der Waals surface area contributed by atoms with Gasteiger partial charge in [0.15, 0.2) is 0 Å². The van der Waals surface area contributed by atoms with Crippen molar-refractivity contribution in [1.29, 1.82) is 0 Å². The molecule has 0 fully saturated rings. The third kappa shape index (κ3) is 7.19. The Morgan fingerprint density at radius 3 is 2.35 bits per heavy atom. The molecular formula is C16H21NO5S. The smallest absolute Gasteiger partial charge is 0.326 e. The van der Waals surface area contributed by atoms with E-state index in [1.54, 1.807) is 0 Å². The molecule has 0 radical (unpaired) electrons. The van der Waals surface area contributed by atoms with Gasteiger partial charge < -0.3 is 15.5 Å². The first-order valence-corrected chi connectivity index (χ1v) is 8.61. The summed E-state index contributed by atoms with van der Waals surface area (Å²) in [6, 6.07) is 8.07. The largest absolute Gasteiger partial charge is 0.481 e. The number of hydrogen-bond acceptors (Lipinski definition) is 4. The van der Waals surface area contributed by atoms with Crippen LogP contribution >= 0.6 is 11.8 Å². The van der Waals surface area contributed by atoms with E-state index in [1.807, 2.05) is 36.6 Å². The van der Waals surface area contributed by atoms with Crippen LogP contribution in [0.5, 0.6) is 0 Å². The Balaban J connectivity index is 2.77. The van der Waals surface area contributed by atoms with E-state index in [1.165, 1.54) is 11.8 Å². The van der Waals surface area contributed by atoms with Gasteiger partial charge in [-0.1, -0.05) is 30.3 Å². The second-order valence-electron chi connectivity index (χ2n) is 5.17. The molecule has 0 spiro atoms. The summed E-state index contributed by atoms with van der Waals surface area (Å²) in [4.78, 5) is 34.5. The highest BCUT2D eigenvalue weighted by atomic mass is 32.2. The number of aliphatic carboxylic acids is 2. The highest BCUT2D eigenvalue weighted by molar-refractivity contribution is 7.98. The maximum Gasteiger partial charge on any atom is 0.326 e. The first-order valence-electron chi connectivity index (χ1n) is 7.22. The number of benzene rings is 1. The van der Waals surface area contributed by atoms with Gasteiger partial charge in [-0.2, -0.15) is 11.8 Å². The lowest BCUT2D eigenvalue weighted by Gasteiger charge is -2.19. The maximum absolute atomic E-state index is 12.3. The molecule has 0 saturated carbocycles. The van der Waals surface area contributed by atoms with E-state index in [-0.39, 0.29) is 12.8 Å². The van der Waals surface area contributed by atoms with Crippen molar-refractivity contribution in [3.63, 3.8) is 0 Å². The van der Waals surface area contributed by atoms with Crippen molar-refractivity contribution in [1.82, 2.24) is 5.32 Å². The molecule has 0 aromatic heterocycles. The van der Waals surface area contributed by atoms with Crippen LogP contribution in [0.4, 0.5) is 0 Å². The van der Waals surface area contributed by atoms with Crippen molar-refractivity contribution in [3.05, 3.63) is 35.9 Å². The topological polar surface area (TPSA) is 104 Å². The molecule has 0 bridgehead atoms. The van der Waals surface area contributed by atoms with E-state index in [0.717, 1.165) is 5.56 Å². The van der Waals surface area contributed by atoms with Crippen LogP contribution in [0.25, 0.3) is 0 Å². The molecule has 1 aromatic rings. The molecule has 0 aliphatic carbocycles. The predicted molar refractivity (Wildman–Crippen MR) is 88.5 cm³/mol. The average molecular weight is 339 g/mol. The fraction of sp³-hybridized carbons (Fsp3) is 0.438. The third-order valence-electron chi connectivity index (χ3n) is 3.34. The zero-order chi connectivity index (χ0) is 17.2. The van der Waals surface area contributed by atoms with Gasteiger partial charge in [-0.15, -0.1) is 0 Å². The van der Waals surface area contributed by atoms with Crippen LogP contribution in [0, 0.1) is 5.92 Å². The van der Waals surface area contributed by atoms with Crippen LogP contribution in [-0.4, -0.2) is 46.1 Å². The van der Waals surface area contributed by atoms with Crippen LogP contribution in [0.3, 0.4) is 0 Å². The van der Waals surface area contributed by atoms with Gasteiger partial charge in [0.25, 0.3) is 0 Å². The molecule has 1 rings (SSSR count). The second-order valence-corrected chi connectivity index (χ2v) is 6.15. The minimum Gasteiger partial charge on any atom is -0.481 e. The van der Waals surface area contributed by atoms with Crippen LogP contribution in [0.2, 0.25) is 0 Å². The maximum atomic E-state index is 12.3. The molecule has 0 aliphatic heterocycles. The van der Waals surface area contributed by atoms with Crippen molar-refractivity contribution < 1.29 is 24.6 Å². The van der Waals surface area contributed by atoms with E-state index in [0.29, 0.717) is 12.2 Å². The zero-order valence-electron chi connectivity index (χ0n) is 12.9. The number of carbonyl (C=O) groups excluding carboxylic acids is 1. The van der Waals surface area contributed by atoms with Crippen LogP contribution in [-0.2, 0) is 20.8 Å². The standard InChI is InChI=1S/C16H21NO5S/c1-23-8-7-13(16(21)22)17-15(20)12(10-14(18)19)9-11-5-3-2-4-6-11/h2-6,12-13H,7-10H2,1H3,(H,17,20)(H,18,19)(H,21,22)/t12?,13-/m0/s1. The molecule has 7 heteroatoms. The average Bonchev–Trinajstić information content (AvgIpc) is 2.50. The van der Waals surface area contributed by atoms with Gasteiger partial charge >= 0.3 is 11.9 Å². The SMILES string of the molecule is CSCC[C@H](NC(=O)C(CC(=O)O)Cc1ccccc1)C(=O)O. The molecule has 0 heterocycles. The summed E-state index contributed by atoms with van der Waals surface area (Å²) in [5.41, 5.74) is 0.838. The predicted octanol–water partition coefficient (Wildman–Crippen LogP) is 1.64. The number of nitrogens with one attached hydrogen (secondary N) is 1. The van der Waals surface area contributed by atoms with Crippen LogP contribution in [0.15, 0.2) is 30.3 Å². The summed E-state index contributed by atoms with van der Waals surface area (Å²) in [6.45, 7) is 0. The summed E-state index contributed by atoms with van der Waals surface area (Å²) in [5, 5.41) is 20.6. The van der Waals surface area contributed by atoms with E-state index < -0.39 is 29.8 Å². The molecule has 23 heavy (non-hydrogen) atoms. The Labute approximate surface area is 139 Å². The minimum atomic E-state index is -1.11. The lowest BCUT2D eigenvalue weighted by Crippen LogP contribution is -2.44. The number of carboxylic acid groups (broad SMARTS) is 2. The number of hydrogen-bond donors (Lipinski definition) is 3. The Hall–Kier alpha value is -2.02. The van der Waals surface area contributed by atoms with Crippen LogP contribution < -0.4 is 5.32 Å². The summed E-state index contributed by atoms with van der Waals surface area (Å²) in [6.07, 6.45) is 2.07. The molecule has 0 aliphatic rings. The van der Waals surface area contributed by atoms with E-state index >= 15 is 0 Å². The number of rotatable bonds is 10. The van der Waals surface area contributed by atoms with Crippen molar-refractivity contribution in [2.24, 2.45) is 5.92 Å². The van der Waals surface area contributed by atoms with E-state index in [2.05, 4.69) is 5.32 Å². The minimum absolute atomic E-state index is 0.258. The van der Waals surface area contributed by atoms with E-state index in [9.17, 15) is 14.4 Å². The summed E-state index contributed by atoms with van der Waals surface area (Å²) >= 11 is 1.49. The van der Waals surface area contributed by atoms with Gasteiger partial charge in [-0.25, -0.2) is 4.79 Å². The summed E-state index contributed by atoms with van der Waals surface area (Å²) in [7, 11) is 0. The van der Waals surface area contributed by atoms with Gasteiger partial charge in [0.1, 0.15) is 6.04 Å². The number of carbonyl (C=O) groups is 3. The normalized spacial score (nSPS) is 13.1. The van der Waals surface area contributed by atoms with Gasteiger partial charge in [0.05, 0.1) is 12.3 Å². The van der Waals surface area contributed by atoms with Gasteiger partial charge in [0, 0.05) is 0 Å². The highest BCUT2D eigenvalue weighted by Crippen LogP contribution is 2.14. The van der Waals surface area contributed by atoms with Gasteiger partial charge in [0.2, 0.25) is 5.91 Å². The van der Waals surface area contributed by atoms with Gasteiger partial charge in [-0.3, -0.25) is 9.59 Å². The molecule has 3 N–H and O–H groups in total. The lowest BCUT2D eigenvalue weighted by molar-refractivity contribution is -0.144. The zero-order valence-corrected chi connectivity index (χ0v) is 13.7. The van der Waals surface area contributed by atoms with Crippen molar-refractivity contribution in [2.45, 2.75) is 25.3 Å². The van der Waals surface area contributed by atoms with Crippen LogP contribution in [0.1, 0.15) is 18.4 Å². The molecule has 6 nitrogen and oxygen atoms in total. The van der Waals surface area contributed by atoms with E-state index in [4.69, 9.17) is 10.2 Å². The molecule has 1 aromatic carbocycles. The summed E-state index contributed by atoms with van der Waals surface area (Å²) in [5.74, 6) is -2.94. The summed E-state index contributed by atoms with van der Waals surface area (Å²) < 4.78 is 0. The second kappa shape index (κ2) is 9.89. The molecular weight excluding hydrogens is 318 g/mol. The monoisotopic (exact) mass is 339 g/mol. The van der Waals surface area contributed by atoms with Crippen molar-refractivity contribution >= 4 is 29.6 Å². The molecule has 1 amide bonds. The lowest BCUT2D eigenvalue weighted by atomic mass is 9.95. The molecule has 2 atom stereocenters. The quantitative estimate of drug-likeness (QED) is 0.599. The van der Waals surface area contributed by atoms with Crippen molar-refractivity contribution in [3.8, 4) is 0 Å². The Bertz CT molecular complexity index is 535. The highest BCUT2D eigenvalue weighted by Gasteiger charge is 2.27. The fourth-order valence-corrected chi connectivity index (χ4v) is 2.62. The number of carboxylic acids is 2. The number of amides is 1. The third-order valence-corrected chi connectivity index (χ3v) is 3.99. The molecule has 0 saturated heterocycles. The molecule has 126 valence electrons. The Morgan fingerprint density at radius 2 is 1.83 bits per heavy atom. The first-order chi connectivity index (χ1) is 10.9. The Morgan fingerprint density at radius 1 is 1.17 bits per heavy atom. The number of thioether (sulfide) groups is 1. The van der Waals surface area contributed by atoms with Crippen molar-refractivity contribution in [2.75, 3.05) is 12.0 Å². The molecule has 1 unspecified atom stereocenters. The fourth-order valence-electron chi connectivity index (χ4n) is 2.15. The van der Waals surface area contributed by atoms with Gasteiger partial charge in [-0.05, 0) is 30.4 Å². The Kier molecular flexibility index (Phi) is 8.18.